The molecule has 1 amide bonds. The van der Waals surface area contributed by atoms with E-state index < -0.39 is 15.5 Å². The average Bonchev–Trinajstić information content (AvgIpc) is 2.72. The highest BCUT2D eigenvalue weighted by Gasteiger charge is 2.37. The van der Waals surface area contributed by atoms with Crippen molar-refractivity contribution in [1.29, 1.82) is 0 Å². The zero-order chi connectivity index (χ0) is 13.9. The lowest BCUT2D eigenvalue weighted by Gasteiger charge is -2.16. The van der Waals surface area contributed by atoms with Gasteiger partial charge in [-0.15, -0.1) is 3.89 Å². The lowest BCUT2D eigenvalue weighted by Crippen LogP contribution is -2.31. The van der Waals surface area contributed by atoms with E-state index in [1.165, 1.54) is 4.90 Å². The minimum Gasteiger partial charge on any atom is -0.368 e. The quantitative estimate of drug-likeness (QED) is 0.793. The van der Waals surface area contributed by atoms with Crippen LogP contribution in [-0.2, 0) is 15.0 Å². The van der Waals surface area contributed by atoms with Crippen LogP contribution in [-0.4, -0.2) is 49.1 Å². The first-order chi connectivity index (χ1) is 8.97. The Bertz CT molecular complexity index is 550. The first-order valence-electron chi connectivity index (χ1n) is 5.83. The van der Waals surface area contributed by atoms with Crippen molar-refractivity contribution >= 4 is 21.9 Å². The molecule has 0 spiro atoms. The Morgan fingerprint density at radius 2 is 2.26 bits per heavy atom. The average molecular weight is 287 g/mol. The number of hydrogen-bond acceptors (Lipinski definition) is 5. The van der Waals surface area contributed by atoms with E-state index in [4.69, 9.17) is 0 Å². The largest absolute Gasteiger partial charge is 0.368 e. The highest BCUT2D eigenvalue weighted by atomic mass is 32.3. The summed E-state index contributed by atoms with van der Waals surface area (Å²) in [6.45, 7) is 0.671. The van der Waals surface area contributed by atoms with Crippen LogP contribution in [0.5, 0.6) is 0 Å². The van der Waals surface area contributed by atoms with Crippen molar-refractivity contribution in [2.45, 2.75) is 11.7 Å². The number of anilines is 1. The number of carbonyl (C=O) groups excluding carboxylic acids is 1. The number of pyridine rings is 1. The number of halogens is 1. The third-order valence-electron chi connectivity index (χ3n) is 2.93. The molecule has 1 aromatic heterocycles. The van der Waals surface area contributed by atoms with Crippen LogP contribution < -0.4 is 5.32 Å². The lowest BCUT2D eigenvalue weighted by atomic mass is 10.4. The fourth-order valence-corrected chi connectivity index (χ4v) is 2.63. The van der Waals surface area contributed by atoms with Gasteiger partial charge >= 0.3 is 10.2 Å². The van der Waals surface area contributed by atoms with Gasteiger partial charge < -0.3 is 10.2 Å². The second-order valence-corrected chi connectivity index (χ2v) is 5.90. The summed E-state index contributed by atoms with van der Waals surface area (Å²) in [7, 11) is -4.64. The minimum atomic E-state index is -4.64. The Hall–Kier alpha value is -1.70. The Kier molecular flexibility index (Phi) is 3.98. The highest BCUT2D eigenvalue weighted by Crippen LogP contribution is 2.19. The molecule has 0 aromatic carbocycles. The van der Waals surface area contributed by atoms with Crippen molar-refractivity contribution in [3.05, 3.63) is 24.4 Å². The Balaban J connectivity index is 1.83. The molecule has 104 valence electrons. The van der Waals surface area contributed by atoms with Crippen LogP contribution in [0.3, 0.4) is 0 Å². The fraction of sp³-hybridized carbons (Fsp3) is 0.455. The number of rotatable bonds is 5. The summed E-state index contributed by atoms with van der Waals surface area (Å²) in [4.78, 5) is 16.9. The Labute approximate surface area is 110 Å². The summed E-state index contributed by atoms with van der Waals surface area (Å²) in [6.07, 6.45) is 1.36. The van der Waals surface area contributed by atoms with Gasteiger partial charge in [-0.25, -0.2) is 4.98 Å². The zero-order valence-corrected chi connectivity index (χ0v) is 10.9. The molecule has 1 fully saturated rings. The molecular weight excluding hydrogens is 273 g/mol. The van der Waals surface area contributed by atoms with Crippen LogP contribution >= 0.6 is 0 Å². The highest BCUT2D eigenvalue weighted by molar-refractivity contribution is 7.87. The molecule has 0 saturated carbocycles. The van der Waals surface area contributed by atoms with Gasteiger partial charge in [-0.1, -0.05) is 6.07 Å². The number of likely N-dealkylation sites (tertiary alicyclic amines) is 1. The lowest BCUT2D eigenvalue weighted by molar-refractivity contribution is -0.127. The molecule has 1 aliphatic rings. The van der Waals surface area contributed by atoms with Crippen LogP contribution in [0, 0.1) is 0 Å². The van der Waals surface area contributed by atoms with Crippen molar-refractivity contribution in [1.82, 2.24) is 9.88 Å². The third kappa shape index (κ3) is 3.63. The molecule has 8 heteroatoms. The summed E-state index contributed by atoms with van der Waals surface area (Å²) in [5, 5.41) is 1.77. The molecule has 0 bridgehead atoms. The van der Waals surface area contributed by atoms with Gasteiger partial charge in [-0.2, -0.15) is 8.42 Å². The Morgan fingerprint density at radius 3 is 2.84 bits per heavy atom. The van der Waals surface area contributed by atoms with Crippen molar-refractivity contribution < 1.29 is 17.1 Å². The van der Waals surface area contributed by atoms with E-state index in [1.54, 1.807) is 18.3 Å². The molecule has 2 heterocycles. The first kappa shape index (κ1) is 13.7. The molecular formula is C11H14FN3O3S. The van der Waals surface area contributed by atoms with E-state index in [1.807, 2.05) is 6.07 Å². The summed E-state index contributed by atoms with van der Waals surface area (Å²) in [6, 6.07) is 5.38. The summed E-state index contributed by atoms with van der Waals surface area (Å²) >= 11 is 0. The monoisotopic (exact) mass is 287 g/mol. The maximum Gasteiger partial charge on any atom is 0.307 e. The number of amides is 1. The summed E-state index contributed by atoms with van der Waals surface area (Å²) in [5.41, 5.74) is 0. The second kappa shape index (κ2) is 5.52. The van der Waals surface area contributed by atoms with E-state index in [0.29, 0.717) is 18.9 Å². The molecule has 0 aliphatic carbocycles. The van der Waals surface area contributed by atoms with Gasteiger partial charge in [-0.3, -0.25) is 4.79 Å². The van der Waals surface area contributed by atoms with E-state index in [2.05, 4.69) is 10.3 Å². The van der Waals surface area contributed by atoms with Gasteiger partial charge in [0.25, 0.3) is 0 Å². The predicted molar refractivity (Wildman–Crippen MR) is 67.7 cm³/mol. The van der Waals surface area contributed by atoms with Crippen molar-refractivity contribution in [3.8, 4) is 0 Å². The number of hydrogen-bond donors (Lipinski definition) is 1. The maximum atomic E-state index is 12.8. The summed E-state index contributed by atoms with van der Waals surface area (Å²) < 4.78 is 34.3. The van der Waals surface area contributed by atoms with Crippen LogP contribution in [0.15, 0.2) is 24.4 Å². The van der Waals surface area contributed by atoms with Gasteiger partial charge in [0.05, 0.1) is 0 Å². The van der Waals surface area contributed by atoms with Crippen molar-refractivity contribution in [3.63, 3.8) is 0 Å². The molecule has 1 aromatic rings. The molecule has 19 heavy (non-hydrogen) atoms. The molecule has 0 radical (unpaired) electrons. The number of nitrogens with zero attached hydrogens (tertiary/aromatic N) is 2. The number of aromatic nitrogens is 1. The molecule has 1 atom stereocenters. The molecule has 2 rings (SSSR count). The van der Waals surface area contributed by atoms with Crippen LogP contribution in [0.1, 0.15) is 6.42 Å². The Morgan fingerprint density at radius 1 is 1.47 bits per heavy atom. The molecule has 1 N–H and O–H groups in total. The van der Waals surface area contributed by atoms with Crippen LogP contribution in [0.4, 0.5) is 9.70 Å². The van der Waals surface area contributed by atoms with Crippen LogP contribution in [0.25, 0.3) is 0 Å². The SMILES string of the molecule is O=C1CC(S(=O)(=O)F)CN1CCNc1ccccn1. The predicted octanol–water partition coefficient (Wildman–Crippen LogP) is 0.394. The third-order valence-corrected chi connectivity index (χ3v) is 4.04. The topological polar surface area (TPSA) is 79.4 Å². The van der Waals surface area contributed by atoms with Gasteiger partial charge in [0.2, 0.25) is 5.91 Å². The van der Waals surface area contributed by atoms with Gasteiger partial charge in [0.15, 0.2) is 0 Å². The van der Waals surface area contributed by atoms with E-state index in [-0.39, 0.29) is 18.9 Å². The first-order valence-corrected chi connectivity index (χ1v) is 7.27. The zero-order valence-electron chi connectivity index (χ0n) is 10.1. The molecule has 6 nitrogen and oxygen atoms in total. The molecule has 1 unspecified atom stereocenters. The molecule has 1 saturated heterocycles. The van der Waals surface area contributed by atoms with Gasteiger partial charge in [0, 0.05) is 32.3 Å². The summed E-state index contributed by atoms with van der Waals surface area (Å²) in [5.74, 6) is 0.331. The van der Waals surface area contributed by atoms with Crippen molar-refractivity contribution in [2.24, 2.45) is 0 Å². The van der Waals surface area contributed by atoms with Crippen molar-refractivity contribution in [2.75, 3.05) is 25.0 Å². The van der Waals surface area contributed by atoms with Gasteiger partial charge in [-0.05, 0) is 12.1 Å². The smallest absolute Gasteiger partial charge is 0.307 e. The van der Waals surface area contributed by atoms with E-state index in [0.717, 1.165) is 0 Å². The standard InChI is InChI=1S/C11H14FN3O3S/c12-19(17,18)9-7-11(16)15(8-9)6-5-14-10-3-1-2-4-13-10/h1-4,9H,5-8H2,(H,13,14). The van der Waals surface area contributed by atoms with Gasteiger partial charge in [0.1, 0.15) is 11.1 Å². The maximum absolute atomic E-state index is 12.8. The fourth-order valence-electron chi connectivity index (χ4n) is 1.93. The van der Waals surface area contributed by atoms with E-state index >= 15 is 0 Å². The number of carbonyl (C=O) groups is 1. The molecule has 1 aliphatic heterocycles. The number of nitrogens with one attached hydrogen (secondary N) is 1. The normalized spacial score (nSPS) is 19.7. The van der Waals surface area contributed by atoms with Crippen LogP contribution in [0.2, 0.25) is 0 Å². The minimum absolute atomic E-state index is 0.0818. The second-order valence-electron chi connectivity index (χ2n) is 4.28. The van der Waals surface area contributed by atoms with E-state index in [9.17, 15) is 17.1 Å².